The minimum absolute atomic E-state index is 0.233. The normalized spacial score (nSPS) is 12.4. The van der Waals surface area contributed by atoms with Gasteiger partial charge in [0.1, 0.15) is 5.82 Å². The molecule has 1 nitrogen and oxygen atoms in total. The van der Waals surface area contributed by atoms with Crippen LogP contribution in [0.25, 0.3) is 0 Å². The summed E-state index contributed by atoms with van der Waals surface area (Å²) in [5, 5.41) is 3.03. The molecule has 20 heavy (non-hydrogen) atoms. The van der Waals surface area contributed by atoms with Gasteiger partial charge in [-0.05, 0) is 54.9 Å². The molecule has 2 rings (SSSR count). The van der Waals surface area contributed by atoms with Gasteiger partial charge in [0.2, 0.25) is 0 Å². The number of benzene rings is 2. The van der Waals surface area contributed by atoms with Crippen LogP contribution in [0.1, 0.15) is 17.2 Å². The molecule has 0 saturated heterocycles. The van der Waals surface area contributed by atoms with Crippen molar-refractivity contribution < 1.29 is 13.2 Å². The topological polar surface area (TPSA) is 12.0 Å². The highest BCUT2D eigenvalue weighted by Gasteiger charge is 2.14. The minimum Gasteiger partial charge on any atom is -0.313 e. The van der Waals surface area contributed by atoms with Crippen LogP contribution in [0, 0.1) is 17.5 Å². The molecular formula is C15H13BrF3N. The summed E-state index contributed by atoms with van der Waals surface area (Å²) in [6.45, 7) is 0. The van der Waals surface area contributed by atoms with Crippen LogP contribution < -0.4 is 5.32 Å². The SMILES string of the molecule is CNC(Cc1cc(F)ccc1Br)c1ccc(F)c(F)c1. The predicted octanol–water partition coefficient (Wildman–Crippen LogP) is 4.37. The fraction of sp³-hybridized carbons (Fsp3) is 0.200. The smallest absolute Gasteiger partial charge is 0.159 e. The first kappa shape index (κ1) is 15.1. The van der Waals surface area contributed by atoms with Crippen LogP contribution in [0.2, 0.25) is 0 Å². The van der Waals surface area contributed by atoms with Gasteiger partial charge in [-0.2, -0.15) is 0 Å². The number of halogens is 4. The van der Waals surface area contributed by atoms with Gasteiger partial charge in [0.05, 0.1) is 0 Å². The monoisotopic (exact) mass is 343 g/mol. The lowest BCUT2D eigenvalue weighted by atomic mass is 9.99. The summed E-state index contributed by atoms with van der Waals surface area (Å²) in [5.74, 6) is -2.10. The average Bonchev–Trinajstić information content (AvgIpc) is 2.43. The standard InChI is InChI=1S/C15H13BrF3N/c1-20-15(9-2-5-13(18)14(19)7-9)8-10-6-11(17)3-4-12(10)16/h2-7,15,20H,8H2,1H3. The van der Waals surface area contributed by atoms with Gasteiger partial charge >= 0.3 is 0 Å². The fourth-order valence-corrected chi connectivity index (χ4v) is 2.44. The van der Waals surface area contributed by atoms with Crippen molar-refractivity contribution in [2.75, 3.05) is 7.05 Å². The summed E-state index contributed by atoms with van der Waals surface area (Å²) in [7, 11) is 1.72. The van der Waals surface area contributed by atoms with Crippen LogP contribution in [-0.2, 0) is 6.42 Å². The maximum Gasteiger partial charge on any atom is 0.159 e. The Labute approximate surface area is 123 Å². The minimum atomic E-state index is -0.888. The molecule has 2 aromatic carbocycles. The van der Waals surface area contributed by atoms with Crippen LogP contribution in [0.3, 0.4) is 0 Å². The van der Waals surface area contributed by atoms with E-state index in [2.05, 4.69) is 21.2 Å². The molecule has 0 amide bonds. The average molecular weight is 344 g/mol. The van der Waals surface area contributed by atoms with Crippen molar-refractivity contribution in [3.8, 4) is 0 Å². The Hall–Kier alpha value is -1.33. The largest absolute Gasteiger partial charge is 0.313 e. The second-order valence-corrected chi connectivity index (χ2v) is 5.31. The Morgan fingerprint density at radius 3 is 2.45 bits per heavy atom. The van der Waals surface area contributed by atoms with E-state index in [0.717, 1.165) is 22.2 Å². The summed E-state index contributed by atoms with van der Waals surface area (Å²) >= 11 is 3.36. The molecule has 106 valence electrons. The number of hydrogen-bond acceptors (Lipinski definition) is 1. The number of hydrogen-bond donors (Lipinski definition) is 1. The molecule has 0 bridgehead atoms. The van der Waals surface area contributed by atoms with Gasteiger partial charge in [0, 0.05) is 10.5 Å². The Kier molecular flexibility index (Phi) is 4.83. The zero-order valence-corrected chi connectivity index (χ0v) is 12.3. The molecule has 0 radical (unpaired) electrons. The van der Waals surface area contributed by atoms with Crippen molar-refractivity contribution in [3.63, 3.8) is 0 Å². The quantitative estimate of drug-likeness (QED) is 0.869. The van der Waals surface area contributed by atoms with E-state index < -0.39 is 11.6 Å². The third-order valence-corrected chi connectivity index (χ3v) is 3.90. The summed E-state index contributed by atoms with van der Waals surface area (Å²) in [6, 6.07) is 7.95. The lowest BCUT2D eigenvalue weighted by Crippen LogP contribution is -2.19. The molecule has 0 aromatic heterocycles. The van der Waals surface area contributed by atoms with Crippen LogP contribution >= 0.6 is 15.9 Å². The van der Waals surface area contributed by atoms with Crippen LogP contribution in [-0.4, -0.2) is 7.05 Å². The van der Waals surface area contributed by atoms with Crippen molar-refractivity contribution in [1.29, 1.82) is 0 Å². The van der Waals surface area contributed by atoms with E-state index in [4.69, 9.17) is 0 Å². The Balaban J connectivity index is 2.28. The van der Waals surface area contributed by atoms with Crippen molar-refractivity contribution in [3.05, 3.63) is 69.4 Å². The highest BCUT2D eigenvalue weighted by Crippen LogP contribution is 2.25. The fourth-order valence-electron chi connectivity index (χ4n) is 2.04. The van der Waals surface area contributed by atoms with Gasteiger partial charge in [-0.15, -0.1) is 0 Å². The van der Waals surface area contributed by atoms with Gasteiger partial charge in [0.25, 0.3) is 0 Å². The van der Waals surface area contributed by atoms with Crippen LogP contribution in [0.4, 0.5) is 13.2 Å². The third-order valence-electron chi connectivity index (χ3n) is 3.13. The van der Waals surface area contributed by atoms with E-state index in [9.17, 15) is 13.2 Å². The number of likely N-dealkylation sites (N-methyl/N-ethyl adjacent to an activating group) is 1. The summed E-state index contributed by atoms with van der Waals surface area (Å²) in [5.41, 5.74) is 1.37. The van der Waals surface area contributed by atoms with Crippen molar-refractivity contribution in [2.24, 2.45) is 0 Å². The summed E-state index contributed by atoms with van der Waals surface area (Å²) < 4.78 is 40.3. The van der Waals surface area contributed by atoms with Crippen molar-refractivity contribution in [1.82, 2.24) is 5.32 Å². The first-order chi connectivity index (χ1) is 9.51. The summed E-state index contributed by atoms with van der Waals surface area (Å²) in [6.07, 6.45) is 0.458. The van der Waals surface area contributed by atoms with E-state index in [1.54, 1.807) is 13.1 Å². The summed E-state index contributed by atoms with van der Waals surface area (Å²) in [4.78, 5) is 0. The zero-order chi connectivity index (χ0) is 14.7. The van der Waals surface area contributed by atoms with Crippen LogP contribution in [0.15, 0.2) is 40.9 Å². The molecule has 0 spiro atoms. The molecule has 0 heterocycles. The zero-order valence-electron chi connectivity index (χ0n) is 10.8. The van der Waals surface area contributed by atoms with Gasteiger partial charge in [0.15, 0.2) is 11.6 Å². The maximum absolute atomic E-state index is 13.3. The number of nitrogens with one attached hydrogen (secondary N) is 1. The Morgan fingerprint density at radius 2 is 1.80 bits per heavy atom. The molecule has 1 unspecified atom stereocenters. The van der Waals surface area contributed by atoms with E-state index in [1.807, 2.05) is 0 Å². The van der Waals surface area contributed by atoms with Gasteiger partial charge in [-0.1, -0.05) is 22.0 Å². The molecule has 5 heteroatoms. The van der Waals surface area contributed by atoms with Gasteiger partial charge in [-0.3, -0.25) is 0 Å². The lowest BCUT2D eigenvalue weighted by molar-refractivity contribution is 0.501. The second-order valence-electron chi connectivity index (χ2n) is 4.45. The van der Waals surface area contributed by atoms with E-state index in [-0.39, 0.29) is 11.9 Å². The second kappa shape index (κ2) is 6.41. The molecule has 0 aliphatic heterocycles. The molecule has 0 aliphatic carbocycles. The van der Waals surface area contributed by atoms with Gasteiger partial charge in [-0.25, -0.2) is 13.2 Å². The molecule has 0 fully saturated rings. The van der Waals surface area contributed by atoms with Crippen molar-refractivity contribution >= 4 is 15.9 Å². The first-order valence-electron chi connectivity index (χ1n) is 6.07. The molecule has 0 saturated carbocycles. The number of rotatable bonds is 4. The Morgan fingerprint density at radius 1 is 1.05 bits per heavy atom. The molecule has 1 N–H and O–H groups in total. The molecular weight excluding hydrogens is 331 g/mol. The van der Waals surface area contributed by atoms with Gasteiger partial charge < -0.3 is 5.32 Å². The van der Waals surface area contributed by atoms with E-state index in [1.165, 1.54) is 18.2 Å². The van der Waals surface area contributed by atoms with E-state index >= 15 is 0 Å². The van der Waals surface area contributed by atoms with E-state index in [0.29, 0.717) is 12.0 Å². The maximum atomic E-state index is 13.3. The first-order valence-corrected chi connectivity index (χ1v) is 6.86. The highest BCUT2D eigenvalue weighted by atomic mass is 79.9. The van der Waals surface area contributed by atoms with Crippen molar-refractivity contribution in [2.45, 2.75) is 12.5 Å². The van der Waals surface area contributed by atoms with Crippen LogP contribution in [0.5, 0.6) is 0 Å². The third kappa shape index (κ3) is 3.41. The molecule has 0 aliphatic rings. The predicted molar refractivity (Wildman–Crippen MR) is 76.0 cm³/mol. The molecule has 1 atom stereocenters. The Bertz CT molecular complexity index is 616. The molecule has 2 aromatic rings. The highest BCUT2D eigenvalue weighted by molar-refractivity contribution is 9.10. The lowest BCUT2D eigenvalue weighted by Gasteiger charge is -2.18.